The van der Waals surface area contributed by atoms with Crippen LogP contribution in [0.3, 0.4) is 0 Å². The van der Waals surface area contributed by atoms with Gasteiger partial charge in [-0.25, -0.2) is 0 Å². The zero-order chi connectivity index (χ0) is 22.8. The highest BCUT2D eigenvalue weighted by molar-refractivity contribution is 5.94. The van der Waals surface area contributed by atoms with E-state index in [2.05, 4.69) is 10.6 Å². The van der Waals surface area contributed by atoms with Crippen LogP contribution in [0.15, 0.2) is 84.9 Å². The number of amides is 2. The molecule has 0 aliphatic rings. The van der Waals surface area contributed by atoms with Crippen molar-refractivity contribution in [3.8, 4) is 5.75 Å². The van der Waals surface area contributed by atoms with Gasteiger partial charge in [0.1, 0.15) is 5.75 Å². The molecule has 166 valence electrons. The van der Waals surface area contributed by atoms with Crippen LogP contribution in [0.4, 0.5) is 0 Å². The molecular formula is C27H30N2O3. The highest BCUT2D eigenvalue weighted by atomic mass is 16.5. The number of ether oxygens (including phenoxy) is 1. The minimum Gasteiger partial charge on any atom is -0.497 e. The summed E-state index contributed by atoms with van der Waals surface area (Å²) < 4.78 is 5.19. The fourth-order valence-electron chi connectivity index (χ4n) is 3.54. The molecule has 3 aromatic rings. The lowest BCUT2D eigenvalue weighted by atomic mass is 10.0. The molecule has 0 unspecified atom stereocenters. The first-order chi connectivity index (χ1) is 15.5. The second kappa shape index (κ2) is 11.7. The molecule has 3 rings (SSSR count). The van der Waals surface area contributed by atoms with Crippen molar-refractivity contribution in [2.75, 3.05) is 7.11 Å². The molecule has 2 atom stereocenters. The molecule has 0 aromatic heterocycles. The highest BCUT2D eigenvalue weighted by Gasteiger charge is 2.20. The van der Waals surface area contributed by atoms with Crippen molar-refractivity contribution in [3.63, 3.8) is 0 Å². The predicted molar refractivity (Wildman–Crippen MR) is 127 cm³/mol. The Labute approximate surface area is 189 Å². The molecule has 0 radical (unpaired) electrons. The summed E-state index contributed by atoms with van der Waals surface area (Å²) in [6.45, 7) is 2.00. The Hall–Kier alpha value is -3.60. The zero-order valence-corrected chi connectivity index (χ0v) is 18.6. The number of hydrogen-bond acceptors (Lipinski definition) is 3. The summed E-state index contributed by atoms with van der Waals surface area (Å²) in [5.41, 5.74) is 2.67. The minimum atomic E-state index is -0.405. The molecule has 0 bridgehead atoms. The molecule has 5 heteroatoms. The number of aryl methyl sites for hydroxylation is 1. The van der Waals surface area contributed by atoms with Gasteiger partial charge in [-0.3, -0.25) is 9.59 Å². The minimum absolute atomic E-state index is 0.0193. The molecule has 0 heterocycles. The molecule has 0 saturated carbocycles. The van der Waals surface area contributed by atoms with Gasteiger partial charge in [-0.15, -0.1) is 0 Å². The Bertz CT molecular complexity index is 988. The maximum atomic E-state index is 12.8. The van der Waals surface area contributed by atoms with Gasteiger partial charge in [0.2, 0.25) is 5.91 Å². The summed E-state index contributed by atoms with van der Waals surface area (Å²) in [6.07, 6.45) is 1.86. The van der Waals surface area contributed by atoms with Gasteiger partial charge >= 0.3 is 0 Å². The van der Waals surface area contributed by atoms with Crippen LogP contribution in [-0.4, -0.2) is 25.0 Å². The fraction of sp³-hybridized carbons (Fsp3) is 0.259. The lowest BCUT2D eigenvalue weighted by Gasteiger charge is -2.21. The molecule has 2 N–H and O–H groups in total. The van der Waals surface area contributed by atoms with Crippen molar-refractivity contribution in [1.82, 2.24) is 10.6 Å². The average molecular weight is 431 g/mol. The van der Waals surface area contributed by atoms with Crippen molar-refractivity contribution in [1.29, 1.82) is 0 Å². The normalized spacial score (nSPS) is 12.4. The van der Waals surface area contributed by atoms with Crippen LogP contribution in [0.25, 0.3) is 0 Å². The molecule has 0 aliphatic heterocycles. The maximum absolute atomic E-state index is 12.8. The molecule has 2 amide bonds. The molecule has 3 aromatic carbocycles. The summed E-state index contributed by atoms with van der Waals surface area (Å²) in [5.74, 6) is 0.550. The van der Waals surface area contributed by atoms with Crippen LogP contribution < -0.4 is 15.4 Å². The molecule has 0 fully saturated rings. The Morgan fingerprint density at radius 1 is 0.844 bits per heavy atom. The Kier molecular flexibility index (Phi) is 8.44. The molecule has 0 saturated heterocycles. The largest absolute Gasteiger partial charge is 0.497 e. The SMILES string of the molecule is COc1ccc(CC[C@@H](C)NC(=O)C[C@H](NC(=O)c2ccccc2)c2ccccc2)cc1. The lowest BCUT2D eigenvalue weighted by Crippen LogP contribution is -2.37. The predicted octanol–water partition coefficient (Wildman–Crippen LogP) is 4.69. The van der Waals surface area contributed by atoms with Crippen LogP contribution in [-0.2, 0) is 11.2 Å². The fourth-order valence-corrected chi connectivity index (χ4v) is 3.54. The van der Waals surface area contributed by atoms with Crippen LogP contribution >= 0.6 is 0 Å². The topological polar surface area (TPSA) is 67.4 Å². The van der Waals surface area contributed by atoms with Crippen molar-refractivity contribution in [2.24, 2.45) is 0 Å². The first kappa shape index (κ1) is 23.1. The van der Waals surface area contributed by atoms with E-state index in [1.807, 2.05) is 79.7 Å². The van der Waals surface area contributed by atoms with Crippen molar-refractivity contribution in [2.45, 2.75) is 38.3 Å². The van der Waals surface area contributed by atoms with Crippen molar-refractivity contribution < 1.29 is 14.3 Å². The Morgan fingerprint density at radius 3 is 2.09 bits per heavy atom. The van der Waals surface area contributed by atoms with E-state index in [9.17, 15) is 9.59 Å². The first-order valence-electron chi connectivity index (χ1n) is 10.9. The van der Waals surface area contributed by atoms with Gasteiger partial charge in [0.25, 0.3) is 5.91 Å². The number of rotatable bonds is 10. The van der Waals surface area contributed by atoms with Gasteiger partial charge in [-0.1, -0.05) is 60.7 Å². The molecule has 32 heavy (non-hydrogen) atoms. The van der Waals surface area contributed by atoms with Crippen LogP contribution in [0.5, 0.6) is 5.75 Å². The second-order valence-corrected chi connectivity index (χ2v) is 7.86. The zero-order valence-electron chi connectivity index (χ0n) is 18.6. The van der Waals surface area contributed by atoms with E-state index in [4.69, 9.17) is 4.74 Å². The van der Waals surface area contributed by atoms with Gasteiger partial charge < -0.3 is 15.4 Å². The average Bonchev–Trinajstić information content (AvgIpc) is 2.83. The maximum Gasteiger partial charge on any atom is 0.251 e. The van der Waals surface area contributed by atoms with E-state index in [1.165, 1.54) is 5.56 Å². The van der Waals surface area contributed by atoms with E-state index >= 15 is 0 Å². The van der Waals surface area contributed by atoms with Gasteiger partial charge in [0.15, 0.2) is 0 Å². The van der Waals surface area contributed by atoms with Crippen LogP contribution in [0, 0.1) is 0 Å². The van der Waals surface area contributed by atoms with E-state index in [-0.39, 0.29) is 24.3 Å². The quantitative estimate of drug-likeness (QED) is 0.490. The second-order valence-electron chi connectivity index (χ2n) is 7.86. The van der Waals surface area contributed by atoms with E-state index in [0.717, 1.165) is 24.2 Å². The smallest absolute Gasteiger partial charge is 0.251 e. The Balaban J connectivity index is 1.57. The van der Waals surface area contributed by atoms with Crippen LogP contribution in [0.2, 0.25) is 0 Å². The van der Waals surface area contributed by atoms with Crippen molar-refractivity contribution in [3.05, 3.63) is 102 Å². The first-order valence-corrected chi connectivity index (χ1v) is 10.9. The number of carbonyl (C=O) groups excluding carboxylic acids is 2. The standard InChI is InChI=1S/C27H30N2O3/c1-20(13-14-21-15-17-24(32-2)18-16-21)28-26(30)19-25(22-9-5-3-6-10-22)29-27(31)23-11-7-4-8-12-23/h3-12,15-18,20,25H,13-14,19H2,1-2H3,(H,28,30)(H,29,31)/t20-,25+/m1/s1. The van der Waals surface area contributed by atoms with Gasteiger partial charge in [-0.05, 0) is 55.2 Å². The van der Waals surface area contributed by atoms with Crippen LogP contribution in [0.1, 0.15) is 47.3 Å². The number of nitrogens with one attached hydrogen (secondary N) is 2. The monoisotopic (exact) mass is 430 g/mol. The summed E-state index contributed by atoms with van der Waals surface area (Å²) >= 11 is 0. The summed E-state index contributed by atoms with van der Waals surface area (Å²) in [7, 11) is 1.65. The van der Waals surface area contributed by atoms with Gasteiger partial charge in [0, 0.05) is 11.6 Å². The number of carbonyl (C=O) groups is 2. The molecular weight excluding hydrogens is 400 g/mol. The molecule has 5 nitrogen and oxygen atoms in total. The number of benzene rings is 3. The summed E-state index contributed by atoms with van der Waals surface area (Å²) in [4.78, 5) is 25.5. The number of hydrogen-bond donors (Lipinski definition) is 2. The summed E-state index contributed by atoms with van der Waals surface area (Å²) in [6, 6.07) is 26.2. The third-order valence-corrected chi connectivity index (χ3v) is 5.37. The third-order valence-electron chi connectivity index (χ3n) is 5.37. The Morgan fingerprint density at radius 2 is 1.47 bits per heavy atom. The van der Waals surface area contributed by atoms with Crippen molar-refractivity contribution >= 4 is 11.8 Å². The summed E-state index contributed by atoms with van der Waals surface area (Å²) in [5, 5.41) is 6.08. The van der Waals surface area contributed by atoms with E-state index in [0.29, 0.717) is 5.56 Å². The lowest BCUT2D eigenvalue weighted by molar-refractivity contribution is -0.122. The van der Waals surface area contributed by atoms with Gasteiger partial charge in [0.05, 0.1) is 19.6 Å². The number of methoxy groups -OCH3 is 1. The highest BCUT2D eigenvalue weighted by Crippen LogP contribution is 2.18. The third kappa shape index (κ3) is 6.98. The van der Waals surface area contributed by atoms with E-state index < -0.39 is 6.04 Å². The molecule has 0 spiro atoms. The van der Waals surface area contributed by atoms with E-state index in [1.54, 1.807) is 19.2 Å². The van der Waals surface area contributed by atoms with Gasteiger partial charge in [-0.2, -0.15) is 0 Å². The molecule has 0 aliphatic carbocycles.